The third kappa shape index (κ3) is 5.48. The van der Waals surface area contributed by atoms with Crippen molar-refractivity contribution in [2.75, 3.05) is 17.2 Å². The lowest BCUT2D eigenvalue weighted by Crippen LogP contribution is -2.12. The highest BCUT2D eigenvalue weighted by Gasteiger charge is 2.17. The highest BCUT2D eigenvalue weighted by Crippen LogP contribution is 2.27. The van der Waals surface area contributed by atoms with Crippen LogP contribution in [0, 0.1) is 0 Å². The third-order valence-corrected chi connectivity index (χ3v) is 5.54. The number of carboxylic acids is 2. The zero-order valence-electron chi connectivity index (χ0n) is 15.8. The standard InChI is InChI=1S/C8H9N5O2S.C7H7N5O2S/c1-3(7(14)15)16-6-4-5(11-2-10-4)12-8(9)13-6;8-7-11-5-4(9-2-10-5)6(12-7)15-1-3(13)14/h2-3H,1H3,(H,14,15)(H3,9,10,11,12,13);2H,1H2,(H,13,14)(H3,8,9,10,11,12). The number of fused-ring (bicyclic) bond motifs is 2. The molecule has 14 nitrogen and oxygen atoms in total. The number of nitrogens with one attached hydrogen (secondary N) is 2. The van der Waals surface area contributed by atoms with E-state index in [0.29, 0.717) is 32.4 Å². The number of imidazole rings is 2. The molecule has 0 amide bonds. The van der Waals surface area contributed by atoms with Gasteiger partial charge in [-0.15, -0.1) is 0 Å². The van der Waals surface area contributed by atoms with Crippen molar-refractivity contribution in [1.29, 1.82) is 0 Å². The van der Waals surface area contributed by atoms with E-state index in [1.807, 2.05) is 0 Å². The van der Waals surface area contributed by atoms with Crippen LogP contribution in [0.2, 0.25) is 0 Å². The van der Waals surface area contributed by atoms with Crippen LogP contribution in [0.25, 0.3) is 22.3 Å². The van der Waals surface area contributed by atoms with E-state index in [0.717, 1.165) is 23.5 Å². The number of anilines is 2. The second kappa shape index (κ2) is 9.43. The maximum Gasteiger partial charge on any atom is 0.316 e. The van der Waals surface area contributed by atoms with Crippen molar-refractivity contribution in [3.63, 3.8) is 0 Å². The molecule has 0 aliphatic rings. The SMILES string of the molecule is CC(Sc1nc(N)nc2nc[nH]c12)C(=O)O.Nc1nc(SCC(=O)O)c2[nH]cnc2n1. The van der Waals surface area contributed by atoms with Crippen LogP contribution >= 0.6 is 23.5 Å². The number of nitrogens with two attached hydrogens (primary N) is 2. The summed E-state index contributed by atoms with van der Waals surface area (Å²) in [5.41, 5.74) is 13.0. The summed E-state index contributed by atoms with van der Waals surface area (Å²) >= 11 is 2.17. The fraction of sp³-hybridized carbons (Fsp3) is 0.200. The average molecular weight is 464 g/mol. The first-order valence-electron chi connectivity index (χ1n) is 8.41. The molecule has 4 aromatic rings. The molecular formula is C15H16N10O4S2. The largest absolute Gasteiger partial charge is 0.481 e. The van der Waals surface area contributed by atoms with Crippen LogP contribution in [0.4, 0.5) is 11.9 Å². The number of carbonyl (C=O) groups is 2. The Morgan fingerprint density at radius 1 is 0.968 bits per heavy atom. The summed E-state index contributed by atoms with van der Waals surface area (Å²) < 4.78 is 0. The molecule has 0 aliphatic carbocycles. The number of nitrogen functional groups attached to an aromatic ring is 2. The van der Waals surface area contributed by atoms with Crippen molar-refractivity contribution in [3.8, 4) is 0 Å². The number of aliphatic carboxylic acids is 2. The average Bonchev–Trinajstić information content (AvgIpc) is 3.35. The minimum absolute atomic E-state index is 0.0788. The summed E-state index contributed by atoms with van der Waals surface area (Å²) in [5, 5.41) is 17.7. The van der Waals surface area contributed by atoms with Gasteiger partial charge in [0, 0.05) is 0 Å². The molecule has 0 spiro atoms. The Labute approximate surface area is 181 Å². The first kappa shape index (κ1) is 22.0. The monoisotopic (exact) mass is 464 g/mol. The fourth-order valence-corrected chi connectivity index (χ4v) is 3.75. The zero-order valence-corrected chi connectivity index (χ0v) is 17.4. The molecule has 0 radical (unpaired) electrons. The molecule has 4 aromatic heterocycles. The minimum Gasteiger partial charge on any atom is -0.481 e. The van der Waals surface area contributed by atoms with Crippen LogP contribution in [0.1, 0.15) is 6.92 Å². The maximum atomic E-state index is 10.7. The van der Waals surface area contributed by atoms with Gasteiger partial charge in [-0.1, -0.05) is 23.5 Å². The molecule has 0 aliphatic heterocycles. The van der Waals surface area contributed by atoms with Gasteiger partial charge in [0.25, 0.3) is 0 Å². The van der Waals surface area contributed by atoms with E-state index in [1.54, 1.807) is 6.92 Å². The molecule has 0 saturated heterocycles. The molecule has 1 atom stereocenters. The van der Waals surface area contributed by atoms with Gasteiger partial charge in [-0.3, -0.25) is 9.59 Å². The van der Waals surface area contributed by atoms with Crippen LogP contribution in [0.15, 0.2) is 22.7 Å². The smallest absolute Gasteiger partial charge is 0.316 e. The second-order valence-electron chi connectivity index (χ2n) is 5.76. The molecule has 8 N–H and O–H groups in total. The van der Waals surface area contributed by atoms with Gasteiger partial charge in [0.15, 0.2) is 11.3 Å². The number of nitrogens with zero attached hydrogens (tertiary/aromatic N) is 6. The van der Waals surface area contributed by atoms with Crippen LogP contribution in [0.5, 0.6) is 0 Å². The topological polar surface area (TPSA) is 236 Å². The number of H-pyrrole nitrogens is 2. The van der Waals surface area contributed by atoms with Crippen molar-refractivity contribution < 1.29 is 19.8 Å². The lowest BCUT2D eigenvalue weighted by atomic mass is 10.5. The van der Waals surface area contributed by atoms with E-state index < -0.39 is 17.2 Å². The summed E-state index contributed by atoms with van der Waals surface area (Å²) in [5.74, 6) is -1.73. The number of carboxylic acid groups (broad SMARTS) is 2. The van der Waals surface area contributed by atoms with E-state index in [2.05, 4.69) is 39.9 Å². The molecule has 1 unspecified atom stereocenters. The van der Waals surface area contributed by atoms with Gasteiger partial charge in [0.05, 0.1) is 18.4 Å². The maximum absolute atomic E-state index is 10.7. The van der Waals surface area contributed by atoms with E-state index in [-0.39, 0.29) is 17.6 Å². The highest BCUT2D eigenvalue weighted by molar-refractivity contribution is 8.00. The van der Waals surface area contributed by atoms with Crippen molar-refractivity contribution in [3.05, 3.63) is 12.7 Å². The quantitative estimate of drug-likeness (QED) is 0.169. The highest BCUT2D eigenvalue weighted by atomic mass is 32.2. The normalized spacial score (nSPS) is 11.8. The van der Waals surface area contributed by atoms with E-state index in [9.17, 15) is 9.59 Å². The van der Waals surface area contributed by atoms with E-state index in [4.69, 9.17) is 21.7 Å². The van der Waals surface area contributed by atoms with Crippen LogP contribution in [0.3, 0.4) is 0 Å². The number of rotatable bonds is 6. The lowest BCUT2D eigenvalue weighted by Gasteiger charge is -2.05. The molecule has 0 fully saturated rings. The lowest BCUT2D eigenvalue weighted by molar-refractivity contribution is -0.136. The van der Waals surface area contributed by atoms with Gasteiger partial charge in [0.2, 0.25) is 11.9 Å². The molecule has 31 heavy (non-hydrogen) atoms. The van der Waals surface area contributed by atoms with Crippen LogP contribution < -0.4 is 11.5 Å². The van der Waals surface area contributed by atoms with Gasteiger partial charge in [0.1, 0.15) is 26.3 Å². The predicted octanol–water partition coefficient (Wildman–Crippen LogP) is 0.612. The van der Waals surface area contributed by atoms with Crippen LogP contribution in [-0.2, 0) is 9.59 Å². The summed E-state index contributed by atoms with van der Waals surface area (Å²) in [4.78, 5) is 50.4. The Morgan fingerprint density at radius 2 is 1.48 bits per heavy atom. The molecule has 0 aromatic carbocycles. The zero-order chi connectivity index (χ0) is 22.5. The minimum atomic E-state index is -0.912. The number of hydrogen-bond donors (Lipinski definition) is 6. The van der Waals surface area contributed by atoms with Gasteiger partial charge >= 0.3 is 11.9 Å². The van der Waals surface area contributed by atoms with E-state index in [1.165, 1.54) is 12.7 Å². The Balaban J connectivity index is 0.000000176. The predicted molar refractivity (Wildman–Crippen MR) is 114 cm³/mol. The molecule has 162 valence electrons. The fourth-order valence-electron chi connectivity index (χ4n) is 2.18. The first-order valence-corrected chi connectivity index (χ1v) is 10.3. The Hall–Kier alpha value is -3.66. The van der Waals surface area contributed by atoms with Crippen molar-refractivity contribution in [1.82, 2.24) is 39.9 Å². The Morgan fingerprint density at radius 3 is 2.00 bits per heavy atom. The van der Waals surface area contributed by atoms with Crippen molar-refractivity contribution in [2.24, 2.45) is 0 Å². The summed E-state index contributed by atoms with van der Waals surface area (Å²) in [6, 6.07) is 0. The number of aromatic amines is 2. The van der Waals surface area contributed by atoms with E-state index >= 15 is 0 Å². The first-order chi connectivity index (χ1) is 14.7. The molecule has 4 heterocycles. The second-order valence-corrected chi connectivity index (χ2v) is 8.05. The van der Waals surface area contributed by atoms with Crippen molar-refractivity contribution >= 4 is 69.7 Å². The summed E-state index contributed by atoms with van der Waals surface area (Å²) in [6.45, 7) is 1.58. The Kier molecular flexibility index (Phi) is 6.71. The third-order valence-electron chi connectivity index (χ3n) is 3.51. The number of thioether (sulfide) groups is 2. The molecule has 0 bridgehead atoms. The van der Waals surface area contributed by atoms with Crippen molar-refractivity contribution in [2.45, 2.75) is 22.2 Å². The van der Waals surface area contributed by atoms with Gasteiger partial charge in [-0.25, -0.2) is 19.9 Å². The molecule has 0 saturated carbocycles. The van der Waals surface area contributed by atoms with Crippen LogP contribution in [-0.4, -0.2) is 73.0 Å². The molecule has 4 rings (SSSR count). The molecular weight excluding hydrogens is 448 g/mol. The summed E-state index contributed by atoms with van der Waals surface area (Å²) in [7, 11) is 0. The molecule has 16 heteroatoms. The number of aromatic nitrogens is 8. The van der Waals surface area contributed by atoms with Gasteiger partial charge in [-0.05, 0) is 6.92 Å². The Bertz CT molecular complexity index is 1240. The summed E-state index contributed by atoms with van der Waals surface area (Å²) in [6.07, 6.45) is 2.93. The number of hydrogen-bond acceptors (Lipinski definition) is 12. The van der Waals surface area contributed by atoms with Gasteiger partial charge in [-0.2, -0.15) is 9.97 Å². The van der Waals surface area contributed by atoms with Gasteiger partial charge < -0.3 is 31.6 Å².